The van der Waals surface area contributed by atoms with Crippen LogP contribution in [-0.4, -0.2) is 15.2 Å². The lowest BCUT2D eigenvalue weighted by Crippen LogP contribution is -2.07. The van der Waals surface area contributed by atoms with Crippen LogP contribution in [0.3, 0.4) is 0 Å². The maximum atomic E-state index is 10.3. The third-order valence-corrected chi connectivity index (χ3v) is 3.19. The molecular formula is C15H14N2O3. The monoisotopic (exact) mass is 270 g/mol. The van der Waals surface area contributed by atoms with Crippen molar-refractivity contribution in [2.75, 3.05) is 0 Å². The SMILES string of the molecule is CC(c1nc(-c2ccco2)no1)C(O)c1ccccc1. The van der Waals surface area contributed by atoms with E-state index in [1.54, 1.807) is 18.4 Å². The smallest absolute Gasteiger partial charge is 0.238 e. The molecule has 2 heterocycles. The third-order valence-electron chi connectivity index (χ3n) is 3.19. The van der Waals surface area contributed by atoms with E-state index in [0.717, 1.165) is 5.56 Å². The van der Waals surface area contributed by atoms with E-state index in [4.69, 9.17) is 8.94 Å². The molecule has 0 aliphatic heterocycles. The van der Waals surface area contributed by atoms with Crippen LogP contribution in [0.5, 0.6) is 0 Å². The largest absolute Gasteiger partial charge is 0.461 e. The molecular weight excluding hydrogens is 256 g/mol. The van der Waals surface area contributed by atoms with Crippen LogP contribution < -0.4 is 0 Å². The first-order chi connectivity index (χ1) is 9.75. The molecule has 2 unspecified atom stereocenters. The van der Waals surface area contributed by atoms with E-state index in [-0.39, 0.29) is 5.92 Å². The fourth-order valence-electron chi connectivity index (χ4n) is 2.00. The molecule has 0 aliphatic rings. The molecule has 2 atom stereocenters. The quantitative estimate of drug-likeness (QED) is 0.788. The Kier molecular flexibility index (Phi) is 3.35. The Morgan fingerprint density at radius 1 is 1.10 bits per heavy atom. The van der Waals surface area contributed by atoms with Gasteiger partial charge in [-0.05, 0) is 17.7 Å². The van der Waals surface area contributed by atoms with Gasteiger partial charge in [0.25, 0.3) is 0 Å². The summed E-state index contributed by atoms with van der Waals surface area (Å²) in [6.07, 6.45) is 0.856. The second-order valence-electron chi connectivity index (χ2n) is 4.58. The highest BCUT2D eigenvalue weighted by Crippen LogP contribution is 2.30. The Bertz CT molecular complexity index is 662. The van der Waals surface area contributed by atoms with Crippen molar-refractivity contribution in [3.63, 3.8) is 0 Å². The zero-order chi connectivity index (χ0) is 13.9. The molecule has 0 saturated carbocycles. The summed E-state index contributed by atoms with van der Waals surface area (Å²) in [7, 11) is 0. The average Bonchev–Trinajstić information content (AvgIpc) is 3.17. The molecule has 5 heteroatoms. The van der Waals surface area contributed by atoms with Crippen molar-refractivity contribution in [2.45, 2.75) is 18.9 Å². The molecule has 1 aromatic carbocycles. The van der Waals surface area contributed by atoms with Crippen molar-refractivity contribution in [1.29, 1.82) is 0 Å². The molecule has 0 saturated heterocycles. The van der Waals surface area contributed by atoms with Crippen LogP contribution in [0.15, 0.2) is 57.7 Å². The molecule has 3 aromatic rings. The zero-order valence-electron chi connectivity index (χ0n) is 10.9. The second kappa shape index (κ2) is 5.30. The Labute approximate surface area is 115 Å². The number of furan rings is 1. The van der Waals surface area contributed by atoms with Crippen molar-refractivity contribution in [2.24, 2.45) is 0 Å². The van der Waals surface area contributed by atoms with E-state index in [0.29, 0.717) is 17.5 Å². The number of aromatic nitrogens is 2. The zero-order valence-corrected chi connectivity index (χ0v) is 10.9. The van der Waals surface area contributed by atoms with E-state index < -0.39 is 6.10 Å². The lowest BCUT2D eigenvalue weighted by Gasteiger charge is -2.15. The Balaban J connectivity index is 1.82. The van der Waals surface area contributed by atoms with Gasteiger partial charge in [0.15, 0.2) is 5.76 Å². The standard InChI is InChI=1S/C15H14N2O3/c1-10(13(18)11-6-3-2-4-7-11)15-16-14(17-20-15)12-8-5-9-19-12/h2-10,13,18H,1H3. The molecule has 20 heavy (non-hydrogen) atoms. The third kappa shape index (κ3) is 2.35. The van der Waals surface area contributed by atoms with Gasteiger partial charge in [-0.3, -0.25) is 0 Å². The number of benzene rings is 1. The van der Waals surface area contributed by atoms with Crippen LogP contribution in [0.1, 0.15) is 30.4 Å². The predicted octanol–water partition coefficient (Wildman–Crippen LogP) is 3.17. The van der Waals surface area contributed by atoms with E-state index in [2.05, 4.69) is 10.1 Å². The lowest BCUT2D eigenvalue weighted by molar-refractivity contribution is 0.135. The molecule has 0 spiro atoms. The van der Waals surface area contributed by atoms with Crippen LogP contribution in [-0.2, 0) is 0 Å². The average molecular weight is 270 g/mol. The topological polar surface area (TPSA) is 72.3 Å². The molecule has 0 fully saturated rings. The van der Waals surface area contributed by atoms with Gasteiger partial charge >= 0.3 is 0 Å². The highest BCUT2D eigenvalue weighted by Gasteiger charge is 2.24. The Hall–Kier alpha value is -2.40. The summed E-state index contributed by atoms with van der Waals surface area (Å²) in [4.78, 5) is 4.27. The van der Waals surface area contributed by atoms with Gasteiger partial charge in [-0.25, -0.2) is 0 Å². The Morgan fingerprint density at radius 2 is 1.90 bits per heavy atom. The van der Waals surface area contributed by atoms with Crippen LogP contribution in [0, 0.1) is 0 Å². The summed E-state index contributed by atoms with van der Waals surface area (Å²) in [5.41, 5.74) is 0.817. The Morgan fingerprint density at radius 3 is 2.60 bits per heavy atom. The predicted molar refractivity (Wildman–Crippen MR) is 71.8 cm³/mol. The van der Waals surface area contributed by atoms with Gasteiger partial charge in [-0.2, -0.15) is 4.98 Å². The summed E-state index contributed by atoms with van der Waals surface area (Å²) >= 11 is 0. The van der Waals surface area contributed by atoms with Crippen molar-refractivity contribution >= 4 is 0 Å². The molecule has 0 amide bonds. The normalized spacial score (nSPS) is 14.1. The van der Waals surface area contributed by atoms with E-state index in [9.17, 15) is 5.11 Å². The summed E-state index contributed by atoms with van der Waals surface area (Å²) < 4.78 is 10.4. The van der Waals surface area contributed by atoms with Gasteiger partial charge < -0.3 is 14.0 Å². The van der Waals surface area contributed by atoms with Crippen molar-refractivity contribution in [3.05, 3.63) is 60.2 Å². The summed E-state index contributed by atoms with van der Waals surface area (Å²) in [5.74, 6) is 1.01. The number of nitrogens with zero attached hydrogens (tertiary/aromatic N) is 2. The van der Waals surface area contributed by atoms with Crippen molar-refractivity contribution < 1.29 is 14.0 Å². The van der Waals surface area contributed by atoms with Gasteiger partial charge in [0.05, 0.1) is 18.3 Å². The first-order valence-corrected chi connectivity index (χ1v) is 6.36. The van der Waals surface area contributed by atoms with E-state index in [1.807, 2.05) is 37.3 Å². The van der Waals surface area contributed by atoms with Gasteiger partial charge in [0, 0.05) is 0 Å². The molecule has 1 N–H and O–H groups in total. The van der Waals surface area contributed by atoms with Gasteiger partial charge in [-0.1, -0.05) is 42.4 Å². The minimum Gasteiger partial charge on any atom is -0.461 e. The first kappa shape index (κ1) is 12.6. The summed E-state index contributed by atoms with van der Waals surface area (Å²) in [6, 6.07) is 12.9. The van der Waals surface area contributed by atoms with Crippen molar-refractivity contribution in [1.82, 2.24) is 10.1 Å². The molecule has 0 aliphatic carbocycles. The highest BCUT2D eigenvalue weighted by molar-refractivity contribution is 5.44. The number of hydrogen-bond acceptors (Lipinski definition) is 5. The number of hydrogen-bond donors (Lipinski definition) is 1. The molecule has 102 valence electrons. The molecule has 5 nitrogen and oxygen atoms in total. The van der Waals surface area contributed by atoms with E-state index >= 15 is 0 Å². The first-order valence-electron chi connectivity index (χ1n) is 6.36. The van der Waals surface area contributed by atoms with E-state index in [1.165, 1.54) is 0 Å². The van der Waals surface area contributed by atoms with Crippen LogP contribution in [0.2, 0.25) is 0 Å². The van der Waals surface area contributed by atoms with Gasteiger partial charge in [0.1, 0.15) is 0 Å². The number of rotatable bonds is 4. The molecule has 3 rings (SSSR count). The fourth-order valence-corrected chi connectivity index (χ4v) is 2.00. The second-order valence-corrected chi connectivity index (χ2v) is 4.58. The maximum absolute atomic E-state index is 10.3. The van der Waals surface area contributed by atoms with Crippen molar-refractivity contribution in [3.8, 4) is 11.6 Å². The molecule has 0 bridgehead atoms. The van der Waals surface area contributed by atoms with Crippen LogP contribution in [0.4, 0.5) is 0 Å². The number of aliphatic hydroxyl groups excluding tert-OH is 1. The lowest BCUT2D eigenvalue weighted by atomic mass is 9.97. The summed E-state index contributed by atoms with van der Waals surface area (Å²) in [5, 5.41) is 14.2. The highest BCUT2D eigenvalue weighted by atomic mass is 16.5. The van der Waals surface area contributed by atoms with Gasteiger partial charge in [0.2, 0.25) is 11.7 Å². The summed E-state index contributed by atoms with van der Waals surface area (Å²) in [6.45, 7) is 1.84. The molecule has 0 radical (unpaired) electrons. The minimum absolute atomic E-state index is 0.298. The maximum Gasteiger partial charge on any atom is 0.238 e. The minimum atomic E-state index is -0.693. The number of aliphatic hydroxyl groups is 1. The van der Waals surface area contributed by atoms with Crippen LogP contribution in [0.25, 0.3) is 11.6 Å². The van der Waals surface area contributed by atoms with Gasteiger partial charge in [-0.15, -0.1) is 0 Å². The fraction of sp³-hybridized carbons (Fsp3) is 0.200. The molecule has 2 aromatic heterocycles. The van der Waals surface area contributed by atoms with Crippen LogP contribution >= 0.6 is 0 Å².